The Balaban J connectivity index is 1.93. The lowest BCUT2D eigenvalue weighted by atomic mass is 10.1. The number of aromatic nitrogens is 2. The van der Waals surface area contributed by atoms with Crippen molar-refractivity contribution in [1.29, 1.82) is 5.41 Å². The first-order valence-corrected chi connectivity index (χ1v) is 7.39. The summed E-state index contributed by atoms with van der Waals surface area (Å²) in [5.74, 6) is -3.94. The number of H-pyrrole nitrogens is 1. The van der Waals surface area contributed by atoms with Gasteiger partial charge in [0.1, 0.15) is 5.49 Å². The maximum Gasteiger partial charge on any atom is 0.509 e. The number of esters is 1. The van der Waals surface area contributed by atoms with Crippen LogP contribution in [0.5, 0.6) is 0 Å². The summed E-state index contributed by atoms with van der Waals surface area (Å²) < 4.78 is 43.3. The summed E-state index contributed by atoms with van der Waals surface area (Å²) in [6.07, 6.45) is -4.60. The molecule has 0 spiro atoms. The Kier molecular flexibility index (Phi) is 3.79. The van der Waals surface area contributed by atoms with Crippen LogP contribution in [0, 0.1) is 11.3 Å². The molecule has 0 saturated carbocycles. The van der Waals surface area contributed by atoms with E-state index in [1.807, 2.05) is 0 Å². The van der Waals surface area contributed by atoms with Crippen molar-refractivity contribution in [2.75, 3.05) is 6.61 Å². The lowest BCUT2D eigenvalue weighted by molar-refractivity contribution is -0.220. The van der Waals surface area contributed by atoms with Crippen molar-refractivity contribution in [1.82, 2.24) is 9.55 Å². The van der Waals surface area contributed by atoms with Gasteiger partial charge < -0.3 is 18.9 Å². The third-order valence-corrected chi connectivity index (χ3v) is 3.75. The monoisotopic (exact) mass is 358 g/mol. The van der Waals surface area contributed by atoms with Gasteiger partial charge in [0.25, 0.3) is 5.85 Å². The van der Waals surface area contributed by atoms with Crippen LogP contribution in [0.2, 0.25) is 0 Å². The van der Waals surface area contributed by atoms with Crippen LogP contribution in [-0.2, 0) is 23.7 Å². The molecule has 2 N–H and O–H groups in total. The maximum absolute atomic E-state index is 15.2. The maximum atomic E-state index is 15.2. The molecule has 3 rings (SSSR count). The number of ether oxygens (including phenoxy) is 4. The molecule has 0 radical (unpaired) electrons. The Morgan fingerprint density at radius 1 is 1.56 bits per heavy atom. The molecule has 0 aromatic carbocycles. The molecule has 2 saturated heterocycles. The first kappa shape index (κ1) is 15.8. The van der Waals surface area contributed by atoms with E-state index in [-0.39, 0.29) is 6.04 Å². The van der Waals surface area contributed by atoms with Crippen molar-refractivity contribution in [3.63, 3.8) is 0 Å². The molecule has 0 aliphatic carbocycles. The highest BCUT2D eigenvalue weighted by molar-refractivity contribution is 5.71. The van der Waals surface area contributed by atoms with Crippen LogP contribution in [0.3, 0.4) is 0 Å². The van der Waals surface area contributed by atoms with Crippen LogP contribution in [0.1, 0.15) is 21.4 Å². The third kappa shape index (κ3) is 3.02. The second-order valence-corrected chi connectivity index (χ2v) is 5.91. The van der Waals surface area contributed by atoms with Crippen molar-refractivity contribution in [2.24, 2.45) is 5.92 Å². The van der Waals surface area contributed by atoms with Crippen LogP contribution in [0.25, 0.3) is 0 Å². The van der Waals surface area contributed by atoms with Gasteiger partial charge in [-0.15, -0.1) is 0 Å². The van der Waals surface area contributed by atoms with Gasteiger partial charge in [-0.05, 0) is 6.04 Å². The van der Waals surface area contributed by atoms with Gasteiger partial charge in [-0.25, -0.2) is 14.0 Å². The Morgan fingerprint density at radius 2 is 2.28 bits per heavy atom. The largest absolute Gasteiger partial charge is 0.509 e. The fourth-order valence-corrected chi connectivity index (χ4v) is 2.50. The van der Waals surface area contributed by atoms with Crippen molar-refractivity contribution < 1.29 is 34.3 Å². The topological polar surface area (TPSA) is 133 Å². The zero-order chi connectivity index (χ0) is 19.2. The second kappa shape index (κ2) is 5.99. The molecule has 4 atom stereocenters. The number of nitrogens with zero attached hydrogens (tertiary/aromatic N) is 1. The summed E-state index contributed by atoms with van der Waals surface area (Å²) in [6, 6.07) is -0.363. The van der Waals surface area contributed by atoms with E-state index in [9.17, 15) is 14.4 Å². The Hall–Kier alpha value is -2.69. The molecule has 10 nitrogen and oxygen atoms in total. The Bertz CT molecular complexity index is 869. The summed E-state index contributed by atoms with van der Waals surface area (Å²) in [7, 11) is 0. The summed E-state index contributed by atoms with van der Waals surface area (Å²) in [5.41, 5.74) is -1.32. The van der Waals surface area contributed by atoms with Crippen LogP contribution < -0.4 is 11.2 Å². The second-order valence-electron chi connectivity index (χ2n) is 5.91. The van der Waals surface area contributed by atoms with Crippen molar-refractivity contribution in [3.05, 3.63) is 28.2 Å². The molecule has 25 heavy (non-hydrogen) atoms. The third-order valence-electron chi connectivity index (χ3n) is 3.75. The summed E-state index contributed by atoms with van der Waals surface area (Å²) in [5, 5.41) is 7.40. The predicted molar refractivity (Wildman–Crippen MR) is 75.8 cm³/mol. The van der Waals surface area contributed by atoms with Gasteiger partial charge in [-0.3, -0.25) is 19.8 Å². The number of aromatic amines is 1. The number of carbonyl (C=O) groups excluding carboxylic acids is 2. The lowest BCUT2D eigenvalue weighted by Gasteiger charge is -2.23. The minimum Gasteiger partial charge on any atom is -0.459 e. The number of nitrogens with one attached hydrogen (secondary N) is 2. The molecule has 0 bridgehead atoms. The molecule has 2 aliphatic rings. The SMILES string of the molecule is [2H]c1cn([C@@H]2O[C@](F)(COC(=O)C(C)C)[C@H]3OC(=O)O[C@@H]23)c(=O)[nH]c1=N. The first-order chi connectivity index (χ1) is 12.1. The molecule has 1 aromatic heterocycles. The van der Waals surface area contributed by atoms with Gasteiger partial charge in [-0.1, -0.05) is 13.8 Å². The van der Waals surface area contributed by atoms with E-state index in [1.165, 1.54) is 0 Å². The van der Waals surface area contributed by atoms with E-state index in [1.54, 1.807) is 13.8 Å². The highest BCUT2D eigenvalue weighted by Crippen LogP contribution is 2.44. The van der Waals surface area contributed by atoms with Gasteiger partial charge in [0.05, 0.1) is 7.29 Å². The average Bonchev–Trinajstić information content (AvgIpc) is 3.06. The predicted octanol–water partition coefficient (Wildman–Crippen LogP) is -0.0463. The zero-order valence-electron chi connectivity index (χ0n) is 14.3. The number of fused-ring (bicyclic) bond motifs is 1. The first-order valence-electron chi connectivity index (χ1n) is 7.89. The smallest absolute Gasteiger partial charge is 0.459 e. The van der Waals surface area contributed by atoms with Crippen LogP contribution in [0.15, 0.2) is 17.0 Å². The Morgan fingerprint density at radius 3 is 2.96 bits per heavy atom. The molecule has 3 heterocycles. The Labute approximate surface area is 141 Å². The lowest BCUT2D eigenvalue weighted by Crippen LogP contribution is -2.43. The van der Waals surface area contributed by atoms with E-state index in [0.29, 0.717) is 0 Å². The zero-order valence-corrected chi connectivity index (χ0v) is 13.3. The molecule has 136 valence electrons. The van der Waals surface area contributed by atoms with Gasteiger partial charge in [0.15, 0.2) is 18.9 Å². The van der Waals surface area contributed by atoms with E-state index in [0.717, 1.165) is 10.8 Å². The highest BCUT2D eigenvalue weighted by Gasteiger charge is 2.65. The van der Waals surface area contributed by atoms with Crippen LogP contribution >= 0.6 is 0 Å². The molecular weight excluding hydrogens is 341 g/mol. The minimum absolute atomic E-state index is 0.363. The van der Waals surface area contributed by atoms with Crippen molar-refractivity contribution in [2.45, 2.75) is 38.1 Å². The van der Waals surface area contributed by atoms with Crippen LogP contribution in [-0.4, -0.2) is 46.3 Å². The van der Waals surface area contributed by atoms with E-state index >= 15 is 4.39 Å². The van der Waals surface area contributed by atoms with Crippen molar-refractivity contribution >= 4 is 12.1 Å². The quantitative estimate of drug-likeness (QED) is 0.721. The van der Waals surface area contributed by atoms with E-state index in [4.69, 9.17) is 25.7 Å². The molecule has 2 aliphatic heterocycles. The number of rotatable bonds is 4. The fourth-order valence-electron chi connectivity index (χ4n) is 2.50. The average molecular weight is 358 g/mol. The van der Waals surface area contributed by atoms with Gasteiger partial charge in [-0.2, -0.15) is 0 Å². The standard InChI is InChI=1S/C14H16FN3O7/c1-6(2)11(19)22-5-14(15)9-8(23-13(21)24-9)10(25-14)18-4-3-7(16)17-12(18)20/h3-4,6,8-10H,5H2,1-2H3,(H2,16,17,20)/t8-,9+,10-,14-/m1/s1/i3D. The summed E-state index contributed by atoms with van der Waals surface area (Å²) in [6.45, 7) is 2.24. The van der Waals surface area contributed by atoms with E-state index < -0.39 is 60.1 Å². The molecule has 2 fully saturated rings. The number of alkyl halides is 1. The van der Waals surface area contributed by atoms with E-state index in [2.05, 4.69) is 4.98 Å². The van der Waals surface area contributed by atoms with Crippen LogP contribution in [0.4, 0.5) is 9.18 Å². The summed E-state index contributed by atoms with van der Waals surface area (Å²) >= 11 is 0. The normalized spacial score (nSPS) is 31.3. The highest BCUT2D eigenvalue weighted by atomic mass is 19.2. The number of hydrogen-bond donors (Lipinski definition) is 2. The number of carbonyl (C=O) groups is 2. The molecule has 0 unspecified atom stereocenters. The molecule has 0 amide bonds. The number of halogens is 1. The molecule has 11 heteroatoms. The fraction of sp³-hybridized carbons (Fsp3) is 0.571. The summed E-state index contributed by atoms with van der Waals surface area (Å²) in [4.78, 5) is 37.2. The van der Waals surface area contributed by atoms with Gasteiger partial charge >= 0.3 is 17.8 Å². The van der Waals surface area contributed by atoms with Gasteiger partial charge in [0, 0.05) is 6.20 Å². The molecular formula is C14H16FN3O7. The number of hydrogen-bond acceptors (Lipinski definition) is 8. The molecule has 1 aromatic rings. The van der Waals surface area contributed by atoms with Crippen molar-refractivity contribution in [3.8, 4) is 0 Å². The minimum atomic E-state index is -2.74. The van der Waals surface area contributed by atoms with Gasteiger partial charge in [0.2, 0.25) is 6.10 Å².